The lowest BCUT2D eigenvalue weighted by Gasteiger charge is -2.21. The van der Waals surface area contributed by atoms with Gasteiger partial charge in [0.15, 0.2) is 0 Å². The SMILES string of the molecule is CC(C)NC(=O)[C@H](Cc1c[nH]c2ccccc12)NC(=O)c1cccnc1N(C)C. The van der Waals surface area contributed by atoms with Crippen LogP contribution in [0.15, 0.2) is 48.8 Å². The average molecular weight is 393 g/mol. The van der Waals surface area contributed by atoms with Crippen molar-refractivity contribution >= 4 is 28.5 Å². The van der Waals surface area contributed by atoms with Gasteiger partial charge in [-0.15, -0.1) is 0 Å². The predicted molar refractivity (Wildman–Crippen MR) is 115 cm³/mol. The summed E-state index contributed by atoms with van der Waals surface area (Å²) in [5.41, 5.74) is 2.40. The minimum absolute atomic E-state index is 0.0272. The molecule has 2 aromatic heterocycles. The molecule has 2 heterocycles. The van der Waals surface area contributed by atoms with Crippen molar-refractivity contribution in [1.29, 1.82) is 0 Å². The van der Waals surface area contributed by atoms with E-state index in [0.29, 0.717) is 17.8 Å². The van der Waals surface area contributed by atoms with E-state index in [2.05, 4.69) is 20.6 Å². The fourth-order valence-corrected chi connectivity index (χ4v) is 3.28. The van der Waals surface area contributed by atoms with Crippen LogP contribution in [0.5, 0.6) is 0 Å². The minimum atomic E-state index is -0.709. The molecular weight excluding hydrogens is 366 g/mol. The van der Waals surface area contributed by atoms with Gasteiger partial charge in [0.05, 0.1) is 5.56 Å². The van der Waals surface area contributed by atoms with Gasteiger partial charge in [-0.2, -0.15) is 0 Å². The number of carbonyl (C=O) groups is 2. The number of pyridine rings is 1. The number of amides is 2. The van der Waals surface area contributed by atoms with Crippen LogP contribution in [0, 0.1) is 0 Å². The van der Waals surface area contributed by atoms with E-state index in [4.69, 9.17) is 0 Å². The summed E-state index contributed by atoms with van der Waals surface area (Å²) in [4.78, 5) is 35.1. The zero-order chi connectivity index (χ0) is 21.0. The van der Waals surface area contributed by atoms with Gasteiger partial charge in [0, 0.05) is 49.9 Å². The van der Waals surface area contributed by atoms with Crippen molar-refractivity contribution < 1.29 is 9.59 Å². The molecule has 0 aliphatic heterocycles. The first-order valence-electron chi connectivity index (χ1n) is 9.65. The number of carbonyl (C=O) groups excluding carboxylic acids is 2. The molecule has 0 aliphatic carbocycles. The van der Waals surface area contributed by atoms with Crippen LogP contribution in [-0.2, 0) is 11.2 Å². The van der Waals surface area contributed by atoms with Gasteiger partial charge < -0.3 is 20.5 Å². The molecule has 152 valence electrons. The summed E-state index contributed by atoms with van der Waals surface area (Å²) in [5, 5.41) is 6.85. The first-order chi connectivity index (χ1) is 13.9. The Balaban J connectivity index is 1.88. The van der Waals surface area contributed by atoms with Gasteiger partial charge in [-0.05, 0) is 37.6 Å². The van der Waals surface area contributed by atoms with Gasteiger partial charge in [0.2, 0.25) is 5.91 Å². The van der Waals surface area contributed by atoms with Crippen LogP contribution < -0.4 is 15.5 Å². The molecule has 3 rings (SSSR count). The molecule has 2 amide bonds. The van der Waals surface area contributed by atoms with Crippen LogP contribution in [0.2, 0.25) is 0 Å². The summed E-state index contributed by atoms with van der Waals surface area (Å²) in [7, 11) is 3.65. The Morgan fingerprint density at radius 2 is 1.86 bits per heavy atom. The Morgan fingerprint density at radius 3 is 2.59 bits per heavy atom. The first kappa shape index (κ1) is 20.4. The maximum absolute atomic E-state index is 13.0. The van der Waals surface area contributed by atoms with Crippen LogP contribution >= 0.6 is 0 Å². The second kappa shape index (κ2) is 8.77. The fourth-order valence-electron chi connectivity index (χ4n) is 3.28. The second-order valence-corrected chi connectivity index (χ2v) is 7.52. The van der Waals surface area contributed by atoms with E-state index in [-0.39, 0.29) is 17.9 Å². The molecule has 0 unspecified atom stereocenters. The van der Waals surface area contributed by atoms with E-state index in [1.807, 2.05) is 58.4 Å². The quantitative estimate of drug-likeness (QED) is 0.575. The van der Waals surface area contributed by atoms with Crippen LogP contribution in [-0.4, -0.2) is 48.0 Å². The number of anilines is 1. The standard InChI is InChI=1S/C22H27N5O2/c1-14(2)25-22(29)19(12-15-13-24-18-10-6-5-8-16(15)18)26-21(28)17-9-7-11-23-20(17)27(3)4/h5-11,13-14,19,24H,12H2,1-4H3,(H,25,29)(H,26,28)/t19-/m0/s1. The van der Waals surface area contributed by atoms with Gasteiger partial charge in [-0.1, -0.05) is 18.2 Å². The van der Waals surface area contributed by atoms with Crippen molar-refractivity contribution in [1.82, 2.24) is 20.6 Å². The largest absolute Gasteiger partial charge is 0.362 e. The van der Waals surface area contributed by atoms with E-state index in [1.165, 1.54) is 0 Å². The van der Waals surface area contributed by atoms with Gasteiger partial charge in [0.1, 0.15) is 11.9 Å². The molecule has 0 saturated heterocycles. The Kier molecular flexibility index (Phi) is 6.16. The zero-order valence-corrected chi connectivity index (χ0v) is 17.2. The highest BCUT2D eigenvalue weighted by atomic mass is 16.2. The summed E-state index contributed by atoms with van der Waals surface area (Å²) in [6.07, 6.45) is 3.91. The maximum atomic E-state index is 13.0. The summed E-state index contributed by atoms with van der Waals surface area (Å²) < 4.78 is 0. The van der Waals surface area contributed by atoms with E-state index >= 15 is 0 Å². The number of rotatable bonds is 7. The van der Waals surface area contributed by atoms with Gasteiger partial charge >= 0.3 is 0 Å². The molecular formula is C22H27N5O2. The Labute approximate surface area is 170 Å². The van der Waals surface area contributed by atoms with Crippen molar-refractivity contribution in [2.24, 2.45) is 0 Å². The number of nitrogens with zero attached hydrogens (tertiary/aromatic N) is 2. The Morgan fingerprint density at radius 1 is 1.10 bits per heavy atom. The van der Waals surface area contributed by atoms with E-state index in [0.717, 1.165) is 16.5 Å². The highest BCUT2D eigenvalue weighted by molar-refractivity contribution is 6.01. The van der Waals surface area contributed by atoms with Crippen LogP contribution in [0.3, 0.4) is 0 Å². The number of hydrogen-bond donors (Lipinski definition) is 3. The molecule has 0 aliphatic rings. The Hall–Kier alpha value is -3.35. The van der Waals surface area contributed by atoms with Gasteiger partial charge in [-0.25, -0.2) is 4.98 Å². The number of para-hydroxylation sites is 1. The molecule has 7 nitrogen and oxygen atoms in total. The summed E-state index contributed by atoms with van der Waals surface area (Å²) in [6.45, 7) is 3.79. The molecule has 1 atom stereocenters. The van der Waals surface area contributed by atoms with Gasteiger partial charge in [0.25, 0.3) is 5.91 Å². The average Bonchev–Trinajstić information content (AvgIpc) is 3.10. The van der Waals surface area contributed by atoms with E-state index in [9.17, 15) is 9.59 Å². The number of H-pyrrole nitrogens is 1. The molecule has 0 saturated carbocycles. The molecule has 1 aromatic carbocycles. The smallest absolute Gasteiger partial charge is 0.255 e. The highest BCUT2D eigenvalue weighted by Crippen LogP contribution is 2.20. The normalized spacial score (nSPS) is 12.0. The lowest BCUT2D eigenvalue weighted by molar-refractivity contribution is -0.123. The first-order valence-corrected chi connectivity index (χ1v) is 9.65. The van der Waals surface area contributed by atoms with E-state index in [1.54, 1.807) is 23.2 Å². The third kappa shape index (κ3) is 4.74. The van der Waals surface area contributed by atoms with E-state index < -0.39 is 6.04 Å². The highest BCUT2D eigenvalue weighted by Gasteiger charge is 2.25. The molecule has 0 bridgehead atoms. The topological polar surface area (TPSA) is 90.1 Å². The number of benzene rings is 1. The van der Waals surface area contributed by atoms with Crippen molar-refractivity contribution in [3.63, 3.8) is 0 Å². The second-order valence-electron chi connectivity index (χ2n) is 7.52. The monoisotopic (exact) mass is 393 g/mol. The third-order valence-corrected chi connectivity index (χ3v) is 4.61. The molecule has 3 aromatic rings. The van der Waals surface area contributed by atoms with Crippen LogP contribution in [0.1, 0.15) is 29.8 Å². The number of aromatic amines is 1. The Bertz CT molecular complexity index is 1010. The molecule has 0 fully saturated rings. The summed E-state index contributed by atoms with van der Waals surface area (Å²) in [5.74, 6) is 0.0135. The van der Waals surface area contributed by atoms with Gasteiger partial charge in [-0.3, -0.25) is 9.59 Å². The summed E-state index contributed by atoms with van der Waals surface area (Å²) >= 11 is 0. The van der Waals surface area contributed by atoms with Crippen molar-refractivity contribution in [2.45, 2.75) is 32.4 Å². The van der Waals surface area contributed by atoms with Crippen molar-refractivity contribution in [2.75, 3.05) is 19.0 Å². The molecule has 0 radical (unpaired) electrons. The summed E-state index contributed by atoms with van der Waals surface area (Å²) in [6, 6.07) is 10.6. The number of fused-ring (bicyclic) bond motifs is 1. The predicted octanol–water partition coefficient (Wildman–Crippen LogP) is 2.49. The number of hydrogen-bond acceptors (Lipinski definition) is 4. The number of aromatic nitrogens is 2. The number of nitrogens with one attached hydrogen (secondary N) is 3. The third-order valence-electron chi connectivity index (χ3n) is 4.61. The van der Waals surface area contributed by atoms with Crippen molar-refractivity contribution in [3.05, 3.63) is 59.9 Å². The molecule has 3 N–H and O–H groups in total. The fraction of sp³-hybridized carbons (Fsp3) is 0.318. The molecule has 0 spiro atoms. The van der Waals surface area contributed by atoms with Crippen molar-refractivity contribution in [3.8, 4) is 0 Å². The molecule has 7 heteroatoms. The zero-order valence-electron chi connectivity index (χ0n) is 17.2. The lowest BCUT2D eigenvalue weighted by Crippen LogP contribution is -2.49. The van der Waals surface area contributed by atoms with Crippen LogP contribution in [0.4, 0.5) is 5.82 Å². The molecule has 29 heavy (non-hydrogen) atoms. The van der Waals surface area contributed by atoms with Crippen LogP contribution in [0.25, 0.3) is 10.9 Å². The lowest BCUT2D eigenvalue weighted by atomic mass is 10.0. The maximum Gasteiger partial charge on any atom is 0.255 e. The minimum Gasteiger partial charge on any atom is -0.362 e.